The van der Waals surface area contributed by atoms with Gasteiger partial charge in [0.2, 0.25) is 5.91 Å². The average molecular weight is 345 g/mol. The summed E-state index contributed by atoms with van der Waals surface area (Å²) in [6.07, 6.45) is 2.21. The van der Waals surface area contributed by atoms with Gasteiger partial charge in [-0.25, -0.2) is 4.79 Å². The molecule has 2 aliphatic heterocycles. The molecule has 0 unspecified atom stereocenters. The Morgan fingerprint density at radius 3 is 2.56 bits per heavy atom. The minimum Gasteiger partial charge on any atom is -0.465 e. The van der Waals surface area contributed by atoms with E-state index < -0.39 is 6.09 Å². The summed E-state index contributed by atoms with van der Waals surface area (Å²) in [6.45, 7) is 5.16. The van der Waals surface area contributed by atoms with Gasteiger partial charge in [0.25, 0.3) is 0 Å². The van der Waals surface area contributed by atoms with Crippen LogP contribution >= 0.6 is 0 Å². The van der Waals surface area contributed by atoms with Gasteiger partial charge in [-0.2, -0.15) is 0 Å². The Bertz CT molecular complexity index is 641. The van der Waals surface area contributed by atoms with E-state index in [4.69, 9.17) is 5.11 Å². The summed E-state index contributed by atoms with van der Waals surface area (Å²) in [5.74, 6) is 0.160. The topological polar surface area (TPSA) is 72.9 Å². The number of rotatable bonds is 3. The molecule has 2 atom stereocenters. The van der Waals surface area contributed by atoms with Gasteiger partial charge >= 0.3 is 6.09 Å². The molecular weight excluding hydrogens is 318 g/mol. The summed E-state index contributed by atoms with van der Waals surface area (Å²) >= 11 is 0. The first-order valence-electron chi connectivity index (χ1n) is 9.16. The summed E-state index contributed by atoms with van der Waals surface area (Å²) in [5.41, 5.74) is 2.18. The van der Waals surface area contributed by atoms with Gasteiger partial charge in [0.15, 0.2) is 0 Å². The lowest BCUT2D eigenvalue weighted by Crippen LogP contribution is -2.49. The van der Waals surface area contributed by atoms with Crippen LogP contribution in [0.15, 0.2) is 24.3 Å². The van der Waals surface area contributed by atoms with Gasteiger partial charge in [-0.1, -0.05) is 25.1 Å². The Morgan fingerprint density at radius 2 is 1.92 bits per heavy atom. The van der Waals surface area contributed by atoms with E-state index in [0.717, 1.165) is 24.9 Å². The van der Waals surface area contributed by atoms with E-state index >= 15 is 0 Å². The molecule has 1 aromatic rings. The lowest BCUT2D eigenvalue weighted by molar-refractivity contribution is -0.118. The lowest BCUT2D eigenvalue weighted by Gasteiger charge is -2.42. The Morgan fingerprint density at radius 1 is 1.24 bits per heavy atom. The van der Waals surface area contributed by atoms with Crippen molar-refractivity contribution < 1.29 is 14.7 Å². The van der Waals surface area contributed by atoms with Crippen molar-refractivity contribution in [3.63, 3.8) is 0 Å². The average Bonchev–Trinajstić information content (AvgIpc) is 2.62. The van der Waals surface area contributed by atoms with Crippen molar-refractivity contribution in [1.29, 1.82) is 0 Å². The fraction of sp³-hybridized carbons (Fsp3) is 0.579. The maximum absolute atomic E-state index is 12.4. The molecule has 6 nitrogen and oxygen atoms in total. The van der Waals surface area contributed by atoms with E-state index in [1.54, 1.807) is 0 Å². The van der Waals surface area contributed by atoms with Crippen LogP contribution in [0.3, 0.4) is 0 Å². The van der Waals surface area contributed by atoms with Crippen LogP contribution < -0.4 is 10.2 Å². The summed E-state index contributed by atoms with van der Waals surface area (Å²) in [4.78, 5) is 26.8. The van der Waals surface area contributed by atoms with Crippen molar-refractivity contribution in [2.75, 3.05) is 18.0 Å². The molecule has 0 spiro atoms. The third kappa shape index (κ3) is 3.63. The molecule has 2 amide bonds. The Balaban J connectivity index is 1.75. The normalized spacial score (nSPS) is 24.1. The molecule has 136 valence electrons. The number of hydrogen-bond donors (Lipinski definition) is 2. The van der Waals surface area contributed by atoms with E-state index in [2.05, 4.69) is 18.3 Å². The molecule has 0 bridgehead atoms. The lowest BCUT2D eigenvalue weighted by atomic mass is 9.90. The molecule has 2 heterocycles. The highest BCUT2D eigenvalue weighted by Gasteiger charge is 2.34. The summed E-state index contributed by atoms with van der Waals surface area (Å²) < 4.78 is 0. The molecule has 3 rings (SSSR count). The molecule has 6 heteroatoms. The highest BCUT2D eigenvalue weighted by molar-refractivity contribution is 5.95. The zero-order chi connectivity index (χ0) is 18.0. The Hall–Kier alpha value is -2.08. The van der Waals surface area contributed by atoms with Crippen molar-refractivity contribution in [3.8, 4) is 0 Å². The first-order chi connectivity index (χ1) is 12.0. The molecule has 25 heavy (non-hydrogen) atoms. The molecule has 1 saturated heterocycles. The first kappa shape index (κ1) is 17.7. The van der Waals surface area contributed by atoms with E-state index in [1.165, 1.54) is 10.5 Å². The SMILES string of the molecule is CCC(=O)N1c2ccccc2[C@H](NC2CCN(C(=O)O)CC2)C[C@@H]1C. The van der Waals surface area contributed by atoms with Crippen molar-refractivity contribution >= 4 is 17.7 Å². The number of carbonyl (C=O) groups excluding carboxylic acids is 1. The highest BCUT2D eigenvalue weighted by atomic mass is 16.4. The number of fused-ring (bicyclic) bond motifs is 1. The van der Waals surface area contributed by atoms with Gasteiger partial charge in [-0.3, -0.25) is 4.79 Å². The second-order valence-electron chi connectivity index (χ2n) is 7.02. The molecule has 0 aromatic heterocycles. The molecule has 0 saturated carbocycles. The maximum Gasteiger partial charge on any atom is 0.407 e. The second kappa shape index (κ2) is 7.44. The van der Waals surface area contributed by atoms with Crippen LogP contribution in [0.1, 0.15) is 51.1 Å². The number of anilines is 1. The number of para-hydroxylation sites is 1. The van der Waals surface area contributed by atoms with Gasteiger partial charge in [-0.15, -0.1) is 0 Å². The highest BCUT2D eigenvalue weighted by Crippen LogP contribution is 2.38. The third-order valence-electron chi connectivity index (χ3n) is 5.36. The predicted octanol–water partition coefficient (Wildman–Crippen LogP) is 2.99. The number of amides is 2. The van der Waals surface area contributed by atoms with Crippen molar-refractivity contribution in [3.05, 3.63) is 29.8 Å². The monoisotopic (exact) mass is 345 g/mol. The fourth-order valence-corrected chi connectivity index (χ4v) is 4.04. The molecule has 1 fully saturated rings. The first-order valence-corrected chi connectivity index (χ1v) is 9.16. The number of piperidine rings is 1. The maximum atomic E-state index is 12.4. The van der Waals surface area contributed by atoms with Crippen molar-refractivity contribution in [1.82, 2.24) is 10.2 Å². The van der Waals surface area contributed by atoms with Crippen LogP contribution in [0.5, 0.6) is 0 Å². The zero-order valence-corrected chi connectivity index (χ0v) is 14.9. The number of benzene rings is 1. The van der Waals surface area contributed by atoms with Gasteiger partial charge in [0, 0.05) is 43.3 Å². The quantitative estimate of drug-likeness (QED) is 0.883. The van der Waals surface area contributed by atoms with Crippen LogP contribution in [0.2, 0.25) is 0 Å². The van der Waals surface area contributed by atoms with Crippen LogP contribution in [0, 0.1) is 0 Å². The largest absolute Gasteiger partial charge is 0.465 e. The number of likely N-dealkylation sites (tertiary alicyclic amines) is 1. The number of carboxylic acid groups (broad SMARTS) is 1. The minimum absolute atomic E-state index is 0.152. The smallest absolute Gasteiger partial charge is 0.407 e. The predicted molar refractivity (Wildman–Crippen MR) is 96.8 cm³/mol. The van der Waals surface area contributed by atoms with E-state index in [0.29, 0.717) is 25.6 Å². The summed E-state index contributed by atoms with van der Waals surface area (Å²) in [6, 6.07) is 8.80. The molecule has 2 aliphatic rings. The number of hydrogen-bond acceptors (Lipinski definition) is 3. The van der Waals surface area contributed by atoms with E-state index in [9.17, 15) is 9.59 Å². The Kier molecular flexibility index (Phi) is 5.27. The zero-order valence-electron chi connectivity index (χ0n) is 14.9. The van der Waals surface area contributed by atoms with Crippen LogP contribution in [0.4, 0.5) is 10.5 Å². The van der Waals surface area contributed by atoms with Crippen LogP contribution in [0.25, 0.3) is 0 Å². The molecule has 0 aliphatic carbocycles. The molecule has 0 radical (unpaired) electrons. The summed E-state index contributed by atoms with van der Waals surface area (Å²) in [7, 11) is 0. The van der Waals surface area contributed by atoms with Gasteiger partial charge in [-0.05, 0) is 37.8 Å². The standard InChI is InChI=1S/C19H27N3O3/c1-3-18(23)22-13(2)12-16(15-6-4-5-7-17(15)22)20-14-8-10-21(11-9-14)19(24)25/h4-7,13-14,16,20H,3,8-12H2,1-2H3,(H,24,25)/t13-,16+/m0/s1. The van der Waals surface area contributed by atoms with Crippen molar-refractivity contribution in [2.45, 2.75) is 57.7 Å². The van der Waals surface area contributed by atoms with E-state index in [-0.39, 0.29) is 18.0 Å². The third-order valence-corrected chi connectivity index (χ3v) is 5.36. The van der Waals surface area contributed by atoms with Crippen LogP contribution in [-0.2, 0) is 4.79 Å². The molecule has 1 aromatic carbocycles. The minimum atomic E-state index is -0.830. The number of carbonyl (C=O) groups is 2. The molecular formula is C19H27N3O3. The fourth-order valence-electron chi connectivity index (χ4n) is 4.04. The van der Waals surface area contributed by atoms with Gasteiger partial charge in [0.1, 0.15) is 0 Å². The van der Waals surface area contributed by atoms with Crippen molar-refractivity contribution in [2.24, 2.45) is 0 Å². The second-order valence-corrected chi connectivity index (χ2v) is 7.02. The van der Waals surface area contributed by atoms with Gasteiger partial charge < -0.3 is 20.2 Å². The molecule has 2 N–H and O–H groups in total. The van der Waals surface area contributed by atoms with E-state index in [1.807, 2.05) is 30.0 Å². The van der Waals surface area contributed by atoms with Crippen LogP contribution in [-0.4, -0.2) is 47.2 Å². The van der Waals surface area contributed by atoms with Gasteiger partial charge in [0.05, 0.1) is 0 Å². The summed E-state index contributed by atoms with van der Waals surface area (Å²) in [5, 5.41) is 12.8. The Labute approximate surface area is 148 Å². The number of nitrogens with zero attached hydrogens (tertiary/aromatic N) is 2. The number of nitrogens with one attached hydrogen (secondary N) is 1.